The largest absolute Gasteiger partial charge is 0.478 e. The van der Waals surface area contributed by atoms with Gasteiger partial charge in [-0.05, 0) is 19.1 Å². The summed E-state index contributed by atoms with van der Waals surface area (Å²) in [5, 5.41) is 9.40. The van der Waals surface area contributed by atoms with Crippen LogP contribution in [0.3, 0.4) is 0 Å². The zero-order chi connectivity index (χ0) is 16.6. The third-order valence-corrected chi connectivity index (χ3v) is 4.52. The Balaban J connectivity index is 1.78. The molecule has 0 aliphatic carbocycles. The van der Waals surface area contributed by atoms with Crippen LogP contribution >= 0.6 is 0 Å². The molecule has 6 nitrogen and oxygen atoms in total. The maximum absolute atomic E-state index is 12.4. The number of carbonyl (C=O) groups is 3. The summed E-state index contributed by atoms with van der Waals surface area (Å²) < 4.78 is 5.38. The first kappa shape index (κ1) is 15.3. The molecule has 1 fully saturated rings. The summed E-state index contributed by atoms with van der Waals surface area (Å²) in [6.45, 7) is 2.18. The number of piperidine rings is 1. The number of benzene rings is 1. The van der Waals surface area contributed by atoms with E-state index >= 15 is 0 Å². The molecule has 0 aromatic heterocycles. The van der Waals surface area contributed by atoms with Gasteiger partial charge in [0.15, 0.2) is 0 Å². The van der Waals surface area contributed by atoms with Crippen LogP contribution in [0.2, 0.25) is 0 Å². The Labute approximate surface area is 133 Å². The second kappa shape index (κ2) is 5.53. The first-order chi connectivity index (χ1) is 10.9. The van der Waals surface area contributed by atoms with Crippen LogP contribution in [0.25, 0.3) is 0 Å². The Bertz CT molecular complexity index is 699. The highest BCUT2D eigenvalue weighted by atomic mass is 16.6. The van der Waals surface area contributed by atoms with Crippen LogP contribution in [0.5, 0.6) is 0 Å². The summed E-state index contributed by atoms with van der Waals surface area (Å²) in [5.41, 5.74) is -0.313. The molecule has 1 amide bonds. The summed E-state index contributed by atoms with van der Waals surface area (Å²) in [6.07, 6.45) is 0.604. The van der Waals surface area contributed by atoms with Gasteiger partial charge in [0, 0.05) is 37.1 Å². The zero-order valence-electron chi connectivity index (χ0n) is 12.7. The first-order valence-corrected chi connectivity index (χ1v) is 7.47. The van der Waals surface area contributed by atoms with E-state index < -0.39 is 17.5 Å². The van der Waals surface area contributed by atoms with E-state index in [9.17, 15) is 19.5 Å². The van der Waals surface area contributed by atoms with Gasteiger partial charge in [0.1, 0.15) is 5.60 Å². The van der Waals surface area contributed by atoms with Gasteiger partial charge in [-0.2, -0.15) is 0 Å². The second-order valence-corrected chi connectivity index (χ2v) is 5.85. The van der Waals surface area contributed by atoms with Gasteiger partial charge >= 0.3 is 11.9 Å². The van der Waals surface area contributed by atoms with Crippen molar-refractivity contribution in [3.63, 3.8) is 0 Å². The minimum absolute atomic E-state index is 0.0364. The van der Waals surface area contributed by atoms with Crippen molar-refractivity contribution >= 4 is 17.8 Å². The molecule has 23 heavy (non-hydrogen) atoms. The lowest BCUT2D eigenvalue weighted by atomic mass is 9.83. The van der Waals surface area contributed by atoms with Crippen LogP contribution in [-0.4, -0.2) is 46.5 Å². The molecule has 0 radical (unpaired) electrons. The summed E-state index contributed by atoms with van der Waals surface area (Å²) in [7, 11) is 0. The standard InChI is InChI=1S/C17H17NO5/c1-11-13(15(20)21)17(23-16(11)22)7-9-18(10-8-17)14(19)12-5-3-2-4-6-12/h2-6H,7-10H2,1H3,(H,20,21). The SMILES string of the molecule is CC1=C(C(=O)O)C2(CCN(C(=O)c3ccccc3)CC2)OC1=O. The number of amides is 1. The van der Waals surface area contributed by atoms with Crippen molar-refractivity contribution in [2.24, 2.45) is 0 Å². The molecule has 120 valence electrons. The number of carboxylic acid groups (broad SMARTS) is 1. The monoisotopic (exact) mass is 315 g/mol. The number of esters is 1. The van der Waals surface area contributed by atoms with Crippen LogP contribution in [0.15, 0.2) is 41.5 Å². The highest BCUT2D eigenvalue weighted by Gasteiger charge is 2.51. The van der Waals surface area contributed by atoms with Crippen LogP contribution in [0.4, 0.5) is 0 Å². The van der Waals surface area contributed by atoms with E-state index in [1.807, 2.05) is 6.07 Å². The van der Waals surface area contributed by atoms with E-state index in [1.165, 1.54) is 6.92 Å². The first-order valence-electron chi connectivity index (χ1n) is 7.47. The molecule has 0 atom stereocenters. The normalized spacial score (nSPS) is 19.9. The topological polar surface area (TPSA) is 83.9 Å². The van der Waals surface area contributed by atoms with Crippen molar-refractivity contribution in [3.05, 3.63) is 47.0 Å². The van der Waals surface area contributed by atoms with E-state index in [0.717, 1.165) is 0 Å². The summed E-state index contributed by atoms with van der Waals surface area (Å²) >= 11 is 0. The number of nitrogens with zero attached hydrogens (tertiary/aromatic N) is 1. The Morgan fingerprint density at radius 3 is 2.35 bits per heavy atom. The van der Waals surface area contributed by atoms with Crippen molar-refractivity contribution in [3.8, 4) is 0 Å². The van der Waals surface area contributed by atoms with Crippen LogP contribution in [-0.2, 0) is 14.3 Å². The number of aliphatic carboxylic acids is 1. The number of hydrogen-bond donors (Lipinski definition) is 1. The van der Waals surface area contributed by atoms with Gasteiger partial charge < -0.3 is 14.7 Å². The molecule has 1 aromatic carbocycles. The third-order valence-electron chi connectivity index (χ3n) is 4.52. The lowest BCUT2D eigenvalue weighted by Gasteiger charge is -2.38. The predicted molar refractivity (Wildman–Crippen MR) is 80.7 cm³/mol. The van der Waals surface area contributed by atoms with E-state index in [2.05, 4.69) is 0 Å². The lowest BCUT2D eigenvalue weighted by Crippen LogP contribution is -2.49. The molecule has 3 rings (SSSR count). The van der Waals surface area contributed by atoms with Crippen molar-refractivity contribution in [1.29, 1.82) is 0 Å². The Morgan fingerprint density at radius 2 is 1.78 bits per heavy atom. The molecule has 2 heterocycles. The summed E-state index contributed by atoms with van der Waals surface area (Å²) in [5.74, 6) is -1.80. The average Bonchev–Trinajstić information content (AvgIpc) is 2.79. The number of hydrogen-bond acceptors (Lipinski definition) is 4. The smallest absolute Gasteiger partial charge is 0.336 e. The van der Waals surface area contributed by atoms with Gasteiger partial charge in [0.2, 0.25) is 0 Å². The Kier molecular flexibility index (Phi) is 3.67. The molecule has 2 aliphatic heterocycles. The van der Waals surface area contributed by atoms with E-state index in [0.29, 0.717) is 31.5 Å². The van der Waals surface area contributed by atoms with Crippen LogP contribution < -0.4 is 0 Å². The summed E-state index contributed by atoms with van der Waals surface area (Å²) in [4.78, 5) is 37.4. The fraction of sp³-hybridized carbons (Fsp3) is 0.353. The fourth-order valence-electron chi connectivity index (χ4n) is 3.29. The predicted octanol–water partition coefficient (Wildman–Crippen LogP) is 1.62. The number of carbonyl (C=O) groups excluding carboxylic acids is 2. The van der Waals surface area contributed by atoms with Gasteiger partial charge in [-0.3, -0.25) is 4.79 Å². The molecule has 0 bridgehead atoms. The minimum atomic E-state index is -1.13. The quantitative estimate of drug-likeness (QED) is 0.838. The minimum Gasteiger partial charge on any atom is -0.478 e. The zero-order valence-corrected chi connectivity index (χ0v) is 12.7. The lowest BCUT2D eigenvalue weighted by molar-refractivity contribution is -0.151. The molecule has 0 unspecified atom stereocenters. The number of carboxylic acids is 1. The molecular formula is C17H17NO5. The number of rotatable bonds is 2. The molecule has 1 N–H and O–H groups in total. The molecule has 0 saturated carbocycles. The number of likely N-dealkylation sites (tertiary alicyclic amines) is 1. The fourth-order valence-corrected chi connectivity index (χ4v) is 3.29. The van der Waals surface area contributed by atoms with Crippen molar-refractivity contribution < 1.29 is 24.2 Å². The Hall–Kier alpha value is -2.63. The van der Waals surface area contributed by atoms with E-state index in [-0.39, 0.29) is 17.1 Å². The highest BCUT2D eigenvalue weighted by molar-refractivity contribution is 6.04. The molecule has 1 saturated heterocycles. The summed E-state index contributed by atoms with van der Waals surface area (Å²) in [6, 6.07) is 8.93. The highest BCUT2D eigenvalue weighted by Crippen LogP contribution is 2.41. The second-order valence-electron chi connectivity index (χ2n) is 5.85. The molecule has 2 aliphatic rings. The molecular weight excluding hydrogens is 298 g/mol. The van der Waals surface area contributed by atoms with Crippen LogP contribution in [0.1, 0.15) is 30.1 Å². The Morgan fingerprint density at radius 1 is 1.17 bits per heavy atom. The molecule has 1 aromatic rings. The van der Waals surface area contributed by atoms with Gasteiger partial charge in [-0.1, -0.05) is 18.2 Å². The van der Waals surface area contributed by atoms with E-state index in [1.54, 1.807) is 29.2 Å². The van der Waals surface area contributed by atoms with Crippen molar-refractivity contribution in [2.75, 3.05) is 13.1 Å². The van der Waals surface area contributed by atoms with Gasteiger partial charge in [-0.15, -0.1) is 0 Å². The maximum atomic E-state index is 12.4. The third kappa shape index (κ3) is 2.50. The van der Waals surface area contributed by atoms with Gasteiger partial charge in [0.05, 0.1) is 5.57 Å². The van der Waals surface area contributed by atoms with Gasteiger partial charge in [0.25, 0.3) is 5.91 Å². The van der Waals surface area contributed by atoms with Crippen molar-refractivity contribution in [2.45, 2.75) is 25.4 Å². The van der Waals surface area contributed by atoms with Gasteiger partial charge in [-0.25, -0.2) is 9.59 Å². The van der Waals surface area contributed by atoms with Crippen LogP contribution in [0, 0.1) is 0 Å². The maximum Gasteiger partial charge on any atom is 0.336 e. The van der Waals surface area contributed by atoms with Crippen molar-refractivity contribution in [1.82, 2.24) is 4.90 Å². The molecule has 6 heteroatoms. The van der Waals surface area contributed by atoms with E-state index in [4.69, 9.17) is 4.74 Å². The number of ether oxygens (including phenoxy) is 1. The molecule has 1 spiro atoms. The average molecular weight is 315 g/mol.